The van der Waals surface area contributed by atoms with Gasteiger partial charge in [-0.05, 0) is 29.9 Å². The third-order valence-corrected chi connectivity index (χ3v) is 4.93. The standard InChI is InChI=1S/C15H21NO2S/c1-13-10-14(2)12-16(11-13)19(17,18)9-8-15-6-4-3-5-7-15/h3-9,13-14H,10-12H2,1-2H3/b9-8+/t13-,14-/m1/s1. The van der Waals surface area contributed by atoms with E-state index in [0.29, 0.717) is 24.9 Å². The van der Waals surface area contributed by atoms with E-state index in [9.17, 15) is 8.42 Å². The molecule has 3 nitrogen and oxygen atoms in total. The first-order chi connectivity index (χ1) is 8.97. The third kappa shape index (κ3) is 3.91. The van der Waals surface area contributed by atoms with Gasteiger partial charge in [-0.15, -0.1) is 0 Å². The fourth-order valence-corrected chi connectivity index (χ4v) is 4.05. The van der Waals surface area contributed by atoms with Crippen molar-refractivity contribution in [3.63, 3.8) is 0 Å². The van der Waals surface area contributed by atoms with Crippen LogP contribution in [-0.4, -0.2) is 25.8 Å². The van der Waals surface area contributed by atoms with E-state index < -0.39 is 10.0 Å². The zero-order valence-corrected chi connectivity index (χ0v) is 12.3. The molecule has 0 unspecified atom stereocenters. The van der Waals surface area contributed by atoms with Crippen molar-refractivity contribution in [2.24, 2.45) is 11.8 Å². The molecule has 1 aliphatic heterocycles. The summed E-state index contributed by atoms with van der Waals surface area (Å²) in [6.45, 7) is 5.48. The van der Waals surface area contributed by atoms with Gasteiger partial charge in [0, 0.05) is 18.5 Å². The molecule has 0 aliphatic carbocycles. The molecule has 0 radical (unpaired) electrons. The molecule has 1 heterocycles. The predicted octanol–water partition coefficient (Wildman–Crippen LogP) is 2.97. The summed E-state index contributed by atoms with van der Waals surface area (Å²) in [5, 5.41) is 1.33. The summed E-state index contributed by atoms with van der Waals surface area (Å²) < 4.78 is 26.2. The lowest BCUT2D eigenvalue weighted by molar-refractivity contribution is 0.224. The lowest BCUT2D eigenvalue weighted by Gasteiger charge is -2.33. The summed E-state index contributed by atoms with van der Waals surface area (Å²) in [7, 11) is -3.29. The monoisotopic (exact) mass is 279 g/mol. The van der Waals surface area contributed by atoms with Crippen molar-refractivity contribution in [3.05, 3.63) is 41.3 Å². The molecule has 1 fully saturated rings. The van der Waals surface area contributed by atoms with Gasteiger partial charge in [0.25, 0.3) is 0 Å². The Morgan fingerprint density at radius 1 is 1.11 bits per heavy atom. The summed E-state index contributed by atoms with van der Waals surface area (Å²) in [5.74, 6) is 0.868. The predicted molar refractivity (Wildman–Crippen MR) is 78.9 cm³/mol. The maximum Gasteiger partial charge on any atom is 0.236 e. The average molecular weight is 279 g/mol. The number of hydrogen-bond acceptors (Lipinski definition) is 2. The summed E-state index contributed by atoms with van der Waals surface area (Å²) >= 11 is 0. The number of hydrogen-bond donors (Lipinski definition) is 0. The van der Waals surface area contributed by atoms with E-state index in [0.717, 1.165) is 12.0 Å². The van der Waals surface area contributed by atoms with E-state index in [1.807, 2.05) is 30.3 Å². The average Bonchev–Trinajstić information content (AvgIpc) is 2.37. The molecule has 19 heavy (non-hydrogen) atoms. The molecule has 0 amide bonds. The van der Waals surface area contributed by atoms with Crippen LogP contribution in [0.5, 0.6) is 0 Å². The second kappa shape index (κ2) is 5.88. The van der Waals surface area contributed by atoms with Crippen LogP contribution in [0.4, 0.5) is 0 Å². The van der Waals surface area contributed by atoms with Crippen molar-refractivity contribution in [2.45, 2.75) is 20.3 Å². The van der Waals surface area contributed by atoms with Crippen LogP contribution in [0.2, 0.25) is 0 Å². The maximum atomic E-state index is 12.3. The van der Waals surface area contributed by atoms with E-state index in [4.69, 9.17) is 0 Å². The van der Waals surface area contributed by atoms with E-state index in [1.165, 1.54) is 5.41 Å². The van der Waals surface area contributed by atoms with Crippen LogP contribution < -0.4 is 0 Å². The molecule has 0 N–H and O–H groups in total. The lowest BCUT2D eigenvalue weighted by Crippen LogP contribution is -2.41. The van der Waals surface area contributed by atoms with E-state index >= 15 is 0 Å². The van der Waals surface area contributed by atoms with Gasteiger partial charge in [-0.3, -0.25) is 0 Å². The van der Waals surface area contributed by atoms with Gasteiger partial charge < -0.3 is 0 Å². The molecule has 0 saturated carbocycles. The number of nitrogens with zero attached hydrogens (tertiary/aromatic N) is 1. The molecule has 1 aromatic carbocycles. The molecule has 104 valence electrons. The molecule has 0 bridgehead atoms. The van der Waals surface area contributed by atoms with E-state index in [-0.39, 0.29) is 0 Å². The Bertz CT molecular complexity index is 527. The second-order valence-corrected chi connectivity index (χ2v) is 7.34. The molecular weight excluding hydrogens is 258 g/mol. The largest absolute Gasteiger partial charge is 0.236 e. The van der Waals surface area contributed by atoms with Gasteiger partial charge in [-0.2, -0.15) is 4.31 Å². The van der Waals surface area contributed by atoms with Crippen LogP contribution in [0.3, 0.4) is 0 Å². The molecule has 2 rings (SSSR count). The van der Waals surface area contributed by atoms with Crippen molar-refractivity contribution in [3.8, 4) is 0 Å². The highest BCUT2D eigenvalue weighted by molar-refractivity contribution is 7.92. The first-order valence-corrected chi connectivity index (χ1v) is 8.21. The molecule has 1 saturated heterocycles. The van der Waals surface area contributed by atoms with Crippen molar-refractivity contribution in [1.82, 2.24) is 4.31 Å². The normalized spacial score (nSPS) is 25.8. The van der Waals surface area contributed by atoms with Gasteiger partial charge in [0.05, 0.1) is 0 Å². The Morgan fingerprint density at radius 2 is 1.68 bits per heavy atom. The minimum absolute atomic E-state index is 0.434. The summed E-state index contributed by atoms with van der Waals surface area (Å²) in [4.78, 5) is 0. The number of rotatable bonds is 3. The fraction of sp³-hybridized carbons (Fsp3) is 0.467. The molecule has 4 heteroatoms. The van der Waals surface area contributed by atoms with E-state index in [2.05, 4.69) is 13.8 Å². The third-order valence-electron chi connectivity index (χ3n) is 3.43. The van der Waals surface area contributed by atoms with Gasteiger partial charge in [0.2, 0.25) is 10.0 Å². The highest BCUT2D eigenvalue weighted by Gasteiger charge is 2.28. The van der Waals surface area contributed by atoms with Crippen LogP contribution in [0.25, 0.3) is 6.08 Å². The van der Waals surface area contributed by atoms with Crippen LogP contribution in [-0.2, 0) is 10.0 Å². The first-order valence-electron chi connectivity index (χ1n) is 6.70. The van der Waals surface area contributed by atoms with Crippen molar-refractivity contribution < 1.29 is 8.42 Å². The zero-order valence-electron chi connectivity index (χ0n) is 11.5. The summed E-state index contributed by atoms with van der Waals surface area (Å²) in [6, 6.07) is 9.51. The van der Waals surface area contributed by atoms with E-state index in [1.54, 1.807) is 10.4 Å². The SMILES string of the molecule is C[C@@H]1C[C@@H](C)CN(S(=O)(=O)/C=C/c2ccccc2)C1. The lowest BCUT2D eigenvalue weighted by atomic mass is 9.94. The maximum absolute atomic E-state index is 12.3. The van der Waals surface area contributed by atoms with Gasteiger partial charge in [0.15, 0.2) is 0 Å². The highest BCUT2D eigenvalue weighted by atomic mass is 32.2. The van der Waals surface area contributed by atoms with Gasteiger partial charge in [0.1, 0.15) is 0 Å². The van der Waals surface area contributed by atoms with Gasteiger partial charge in [-0.1, -0.05) is 44.2 Å². The topological polar surface area (TPSA) is 37.4 Å². The molecule has 0 spiro atoms. The summed E-state index contributed by atoms with van der Waals surface area (Å²) in [6.07, 6.45) is 2.77. The number of benzene rings is 1. The van der Waals surface area contributed by atoms with Gasteiger partial charge >= 0.3 is 0 Å². The van der Waals surface area contributed by atoms with Crippen molar-refractivity contribution in [2.75, 3.05) is 13.1 Å². The number of sulfonamides is 1. The second-order valence-electron chi connectivity index (χ2n) is 5.52. The first kappa shape index (κ1) is 14.3. The molecular formula is C15H21NO2S. The highest BCUT2D eigenvalue weighted by Crippen LogP contribution is 2.24. The van der Waals surface area contributed by atoms with Crippen molar-refractivity contribution >= 4 is 16.1 Å². The Labute approximate surface area is 116 Å². The fourth-order valence-electron chi connectivity index (χ4n) is 2.63. The molecule has 0 aromatic heterocycles. The van der Waals surface area contributed by atoms with Crippen molar-refractivity contribution in [1.29, 1.82) is 0 Å². The Kier molecular flexibility index (Phi) is 4.42. The molecule has 1 aliphatic rings. The Balaban J connectivity index is 2.12. The Morgan fingerprint density at radius 3 is 2.26 bits per heavy atom. The summed E-state index contributed by atoms with van der Waals surface area (Å²) in [5.41, 5.74) is 0.907. The minimum atomic E-state index is -3.29. The smallest absolute Gasteiger partial charge is 0.208 e. The zero-order chi connectivity index (χ0) is 13.9. The quantitative estimate of drug-likeness (QED) is 0.853. The van der Waals surface area contributed by atoms with Gasteiger partial charge in [-0.25, -0.2) is 8.42 Å². The minimum Gasteiger partial charge on any atom is -0.208 e. The Hall–Kier alpha value is -1.13. The van der Waals surface area contributed by atoms with Crippen LogP contribution in [0, 0.1) is 11.8 Å². The van der Waals surface area contributed by atoms with Crippen LogP contribution in [0.15, 0.2) is 35.7 Å². The van der Waals surface area contributed by atoms with Crippen LogP contribution >= 0.6 is 0 Å². The van der Waals surface area contributed by atoms with Crippen LogP contribution in [0.1, 0.15) is 25.8 Å². The number of piperidine rings is 1. The molecule has 2 atom stereocenters. The molecule has 1 aromatic rings.